The molecule has 1 unspecified atom stereocenters. The number of rotatable bonds is 6. The molecule has 8 nitrogen and oxygen atoms in total. The highest BCUT2D eigenvalue weighted by Crippen LogP contribution is 2.33. The molecule has 0 spiro atoms. The Hall–Kier alpha value is -2.52. The molecule has 3 heterocycles. The van der Waals surface area contributed by atoms with Crippen molar-refractivity contribution in [2.24, 2.45) is 5.92 Å². The van der Waals surface area contributed by atoms with Gasteiger partial charge < -0.3 is 15.0 Å². The Morgan fingerprint density at radius 3 is 2.56 bits per heavy atom. The van der Waals surface area contributed by atoms with Crippen molar-refractivity contribution < 1.29 is 23.5 Å². The molecule has 3 fully saturated rings. The first kappa shape index (κ1) is 22.7. The molecule has 0 bridgehead atoms. The molecule has 3 saturated heterocycles. The molecule has 1 aromatic carbocycles. The lowest BCUT2D eigenvalue weighted by Gasteiger charge is -2.39. The van der Waals surface area contributed by atoms with Crippen LogP contribution < -0.4 is 5.32 Å². The standard InChI is InChI=1S/C23H31FN4O4/c1-23(21(30)28(22(31)25-23)10-9-26-11-13-32-14-12-26)18-5-7-27(8-6-18)20(29)16-17-3-2-4-19(24)15-17/h2-4,15,18H,5-14,16H2,1H3,(H,25,31). The van der Waals surface area contributed by atoms with Crippen molar-refractivity contribution in [2.75, 3.05) is 52.5 Å². The van der Waals surface area contributed by atoms with Crippen LogP contribution in [0.1, 0.15) is 25.3 Å². The fourth-order valence-electron chi connectivity index (χ4n) is 4.90. The van der Waals surface area contributed by atoms with Crippen molar-refractivity contribution in [1.29, 1.82) is 0 Å². The van der Waals surface area contributed by atoms with E-state index >= 15 is 0 Å². The second kappa shape index (κ2) is 9.54. The number of hydrogen-bond donors (Lipinski definition) is 1. The highest BCUT2D eigenvalue weighted by molar-refractivity contribution is 6.07. The van der Waals surface area contributed by atoms with Crippen LogP contribution in [-0.2, 0) is 20.7 Å². The van der Waals surface area contributed by atoms with Crippen molar-refractivity contribution in [1.82, 2.24) is 20.0 Å². The minimum atomic E-state index is -0.945. The van der Waals surface area contributed by atoms with Crippen molar-refractivity contribution in [3.63, 3.8) is 0 Å². The molecule has 1 atom stereocenters. The van der Waals surface area contributed by atoms with Gasteiger partial charge in [0.05, 0.1) is 19.6 Å². The number of hydrogen-bond acceptors (Lipinski definition) is 5. The molecule has 174 valence electrons. The van der Waals surface area contributed by atoms with E-state index in [-0.39, 0.29) is 36.0 Å². The van der Waals surface area contributed by atoms with Crippen molar-refractivity contribution in [3.05, 3.63) is 35.6 Å². The molecule has 4 amide bonds. The van der Waals surface area contributed by atoms with E-state index in [0.29, 0.717) is 57.8 Å². The number of piperidine rings is 1. The Labute approximate surface area is 187 Å². The van der Waals surface area contributed by atoms with Crippen molar-refractivity contribution in [2.45, 2.75) is 31.7 Å². The predicted molar refractivity (Wildman–Crippen MR) is 115 cm³/mol. The van der Waals surface area contributed by atoms with Gasteiger partial charge in [0.25, 0.3) is 5.91 Å². The van der Waals surface area contributed by atoms with E-state index in [9.17, 15) is 18.8 Å². The van der Waals surface area contributed by atoms with E-state index in [2.05, 4.69) is 10.2 Å². The minimum Gasteiger partial charge on any atom is -0.379 e. The summed E-state index contributed by atoms with van der Waals surface area (Å²) in [5.74, 6) is -0.616. The van der Waals surface area contributed by atoms with E-state index < -0.39 is 5.54 Å². The molecule has 1 aromatic rings. The van der Waals surface area contributed by atoms with Crippen LogP contribution >= 0.6 is 0 Å². The summed E-state index contributed by atoms with van der Waals surface area (Å²) in [5.41, 5.74) is -0.294. The molecule has 32 heavy (non-hydrogen) atoms. The van der Waals surface area contributed by atoms with Gasteiger partial charge in [0.15, 0.2) is 0 Å². The third kappa shape index (κ3) is 4.78. The van der Waals surface area contributed by atoms with Crippen LogP contribution in [0.15, 0.2) is 24.3 Å². The van der Waals surface area contributed by atoms with Gasteiger partial charge in [-0.1, -0.05) is 12.1 Å². The number of benzene rings is 1. The van der Waals surface area contributed by atoms with Crippen LogP contribution in [0.3, 0.4) is 0 Å². The number of urea groups is 1. The normalized spacial score (nSPS) is 25.3. The predicted octanol–water partition coefficient (Wildman–Crippen LogP) is 1.25. The summed E-state index contributed by atoms with van der Waals surface area (Å²) in [4.78, 5) is 43.7. The third-order valence-electron chi connectivity index (χ3n) is 6.95. The van der Waals surface area contributed by atoms with Gasteiger partial charge in [0.1, 0.15) is 11.4 Å². The smallest absolute Gasteiger partial charge is 0.325 e. The summed E-state index contributed by atoms with van der Waals surface area (Å²) in [7, 11) is 0. The molecular weight excluding hydrogens is 415 g/mol. The van der Waals surface area contributed by atoms with E-state index in [1.54, 1.807) is 24.0 Å². The van der Waals surface area contributed by atoms with Crippen LogP contribution in [0.2, 0.25) is 0 Å². The summed E-state index contributed by atoms with van der Waals surface area (Å²) in [5, 5.41) is 2.93. The van der Waals surface area contributed by atoms with Crippen LogP contribution in [0.5, 0.6) is 0 Å². The van der Waals surface area contributed by atoms with Gasteiger partial charge in [0, 0.05) is 39.3 Å². The highest BCUT2D eigenvalue weighted by Gasteiger charge is 2.52. The zero-order valence-corrected chi connectivity index (χ0v) is 18.5. The van der Waals surface area contributed by atoms with Gasteiger partial charge in [-0.15, -0.1) is 0 Å². The van der Waals surface area contributed by atoms with Gasteiger partial charge in [-0.25, -0.2) is 9.18 Å². The maximum Gasteiger partial charge on any atom is 0.325 e. The van der Waals surface area contributed by atoms with Crippen LogP contribution in [-0.4, -0.2) is 90.6 Å². The zero-order chi connectivity index (χ0) is 22.7. The molecule has 0 saturated carbocycles. The van der Waals surface area contributed by atoms with Gasteiger partial charge >= 0.3 is 6.03 Å². The fourth-order valence-corrected chi connectivity index (χ4v) is 4.90. The number of morpholine rings is 1. The molecule has 0 aromatic heterocycles. The van der Waals surface area contributed by atoms with E-state index in [0.717, 1.165) is 13.1 Å². The quantitative estimate of drug-likeness (QED) is 0.666. The molecule has 3 aliphatic heterocycles. The average molecular weight is 447 g/mol. The maximum atomic E-state index is 13.4. The third-order valence-corrected chi connectivity index (χ3v) is 6.95. The molecule has 1 N–H and O–H groups in total. The monoisotopic (exact) mass is 446 g/mol. The Balaban J connectivity index is 1.30. The second-order valence-electron chi connectivity index (χ2n) is 9.01. The number of nitrogens with zero attached hydrogens (tertiary/aromatic N) is 3. The summed E-state index contributed by atoms with van der Waals surface area (Å²) in [6.45, 7) is 6.82. The Morgan fingerprint density at radius 2 is 1.88 bits per heavy atom. The number of carbonyl (C=O) groups is 3. The molecule has 9 heteroatoms. The lowest BCUT2D eigenvalue weighted by molar-refractivity contribution is -0.135. The molecule has 3 aliphatic rings. The number of nitrogens with one attached hydrogen (secondary N) is 1. The number of likely N-dealkylation sites (tertiary alicyclic amines) is 1. The molecule has 0 aliphatic carbocycles. The summed E-state index contributed by atoms with van der Waals surface area (Å²) in [6, 6.07) is 5.74. The van der Waals surface area contributed by atoms with Crippen LogP contribution in [0.4, 0.5) is 9.18 Å². The number of imide groups is 1. The Morgan fingerprint density at radius 1 is 1.16 bits per heavy atom. The average Bonchev–Trinajstić information content (AvgIpc) is 3.02. The van der Waals surface area contributed by atoms with Gasteiger partial charge in [0.2, 0.25) is 5.91 Å². The summed E-state index contributed by atoms with van der Waals surface area (Å²) < 4.78 is 18.7. The van der Waals surface area contributed by atoms with Crippen molar-refractivity contribution in [3.8, 4) is 0 Å². The Bertz CT molecular complexity index is 867. The van der Waals surface area contributed by atoms with Gasteiger partial charge in [-0.2, -0.15) is 0 Å². The SMILES string of the molecule is CC1(C2CCN(C(=O)Cc3cccc(F)c3)CC2)NC(=O)N(CCN2CCOCC2)C1=O. The molecule has 4 rings (SSSR count). The van der Waals surface area contributed by atoms with Crippen molar-refractivity contribution >= 4 is 17.8 Å². The Kier molecular flexibility index (Phi) is 6.76. The number of carbonyl (C=O) groups excluding carboxylic acids is 3. The number of amides is 4. The topological polar surface area (TPSA) is 82.2 Å². The van der Waals surface area contributed by atoms with E-state index in [4.69, 9.17) is 4.74 Å². The van der Waals surface area contributed by atoms with E-state index in [1.165, 1.54) is 17.0 Å². The number of ether oxygens (including phenoxy) is 1. The van der Waals surface area contributed by atoms with Gasteiger partial charge in [-0.3, -0.25) is 19.4 Å². The summed E-state index contributed by atoms with van der Waals surface area (Å²) in [6.07, 6.45) is 1.42. The first-order chi connectivity index (χ1) is 15.4. The van der Waals surface area contributed by atoms with Crippen LogP contribution in [0, 0.1) is 11.7 Å². The lowest BCUT2D eigenvalue weighted by atomic mass is 9.79. The highest BCUT2D eigenvalue weighted by atomic mass is 19.1. The summed E-state index contributed by atoms with van der Waals surface area (Å²) >= 11 is 0. The van der Waals surface area contributed by atoms with Crippen LogP contribution in [0.25, 0.3) is 0 Å². The lowest BCUT2D eigenvalue weighted by Crippen LogP contribution is -2.54. The number of halogens is 1. The second-order valence-corrected chi connectivity index (χ2v) is 9.01. The molecule has 0 radical (unpaired) electrons. The zero-order valence-electron chi connectivity index (χ0n) is 18.5. The minimum absolute atomic E-state index is 0.0365. The van der Waals surface area contributed by atoms with Gasteiger partial charge in [-0.05, 0) is 43.4 Å². The maximum absolute atomic E-state index is 13.4. The largest absolute Gasteiger partial charge is 0.379 e. The molecular formula is C23H31FN4O4. The van der Waals surface area contributed by atoms with E-state index in [1.807, 2.05) is 0 Å². The fraction of sp³-hybridized carbons (Fsp3) is 0.609. The first-order valence-electron chi connectivity index (χ1n) is 11.3. The first-order valence-corrected chi connectivity index (χ1v) is 11.3.